The molecule has 2 aliphatic heterocycles. The predicted octanol–water partition coefficient (Wildman–Crippen LogP) is 0.833. The minimum Gasteiger partial charge on any atom is -0.479 e. The highest BCUT2D eigenvalue weighted by molar-refractivity contribution is 8.00. The number of aliphatic carboxylic acids is 2. The smallest absolute Gasteiger partial charge is 0.352 e. The molecular weight excluding hydrogens is 622 g/mol. The van der Waals surface area contributed by atoms with Crippen molar-refractivity contribution in [3.8, 4) is 11.5 Å². The number of anilines is 1. The Balaban J connectivity index is 1.54. The van der Waals surface area contributed by atoms with Crippen molar-refractivity contribution in [3.63, 3.8) is 0 Å². The third kappa shape index (κ3) is 7.21. The SMILES string of the molecule is CC(=O)Oc1ccc(C=CC2=C(C(=O)O)N3C(=O)[C@@H](NC(=O)C(=NOCC(=O)O)c4csc(N)n4)[C@H]3SC2)cc1OC(C)=O. The molecule has 0 unspecified atom stereocenters. The topological polar surface area (TPSA) is 237 Å². The van der Waals surface area contributed by atoms with Gasteiger partial charge in [-0.2, -0.15) is 0 Å². The Morgan fingerprint density at radius 2 is 1.84 bits per heavy atom. The summed E-state index contributed by atoms with van der Waals surface area (Å²) in [6.45, 7) is 1.53. The van der Waals surface area contributed by atoms with Gasteiger partial charge in [0.1, 0.15) is 22.8 Å². The first-order valence-electron chi connectivity index (χ1n) is 12.4. The van der Waals surface area contributed by atoms with E-state index in [0.29, 0.717) is 5.56 Å². The highest BCUT2D eigenvalue weighted by Crippen LogP contribution is 2.41. The zero-order chi connectivity index (χ0) is 32.1. The highest BCUT2D eigenvalue weighted by Gasteiger charge is 2.54. The number of carboxylic acid groups (broad SMARTS) is 2. The van der Waals surface area contributed by atoms with E-state index in [2.05, 4.69) is 15.5 Å². The van der Waals surface area contributed by atoms with Gasteiger partial charge in [-0.15, -0.1) is 23.1 Å². The molecule has 2 aliphatic rings. The van der Waals surface area contributed by atoms with E-state index in [9.17, 15) is 33.9 Å². The lowest BCUT2D eigenvalue weighted by atomic mass is 10.0. The Morgan fingerprint density at radius 1 is 1.14 bits per heavy atom. The van der Waals surface area contributed by atoms with E-state index < -0.39 is 59.4 Å². The number of β-lactam (4-membered cyclic amide) rings is 1. The Morgan fingerprint density at radius 3 is 2.45 bits per heavy atom. The zero-order valence-electron chi connectivity index (χ0n) is 22.8. The first-order chi connectivity index (χ1) is 20.8. The molecule has 0 radical (unpaired) electrons. The average Bonchev–Trinajstić information content (AvgIpc) is 3.38. The summed E-state index contributed by atoms with van der Waals surface area (Å²) in [5, 5.41) is 25.5. The van der Waals surface area contributed by atoms with E-state index in [1.807, 2.05) is 0 Å². The van der Waals surface area contributed by atoms with Crippen LogP contribution in [0.1, 0.15) is 25.1 Å². The summed E-state index contributed by atoms with van der Waals surface area (Å²) in [6, 6.07) is 3.25. The number of hydrogen-bond donors (Lipinski definition) is 4. The van der Waals surface area contributed by atoms with E-state index >= 15 is 0 Å². The number of benzene rings is 1. The summed E-state index contributed by atoms with van der Waals surface area (Å²) in [5.41, 5.74) is 5.67. The van der Waals surface area contributed by atoms with E-state index in [-0.39, 0.29) is 39.3 Å². The third-order valence-corrected chi connectivity index (χ3v) is 7.74. The Labute approximate surface area is 256 Å². The molecule has 230 valence electrons. The number of allylic oxidation sites excluding steroid dienone is 1. The fourth-order valence-corrected chi connectivity index (χ4v) is 5.90. The van der Waals surface area contributed by atoms with Gasteiger partial charge >= 0.3 is 23.9 Å². The van der Waals surface area contributed by atoms with Crippen molar-refractivity contribution in [2.75, 3.05) is 18.1 Å². The van der Waals surface area contributed by atoms with Gasteiger partial charge in [-0.05, 0) is 23.3 Å². The van der Waals surface area contributed by atoms with Crippen LogP contribution in [0, 0.1) is 0 Å². The number of oxime groups is 1. The van der Waals surface area contributed by atoms with Crippen LogP contribution < -0.4 is 20.5 Å². The predicted molar refractivity (Wildman–Crippen MR) is 154 cm³/mol. The van der Waals surface area contributed by atoms with Crippen molar-refractivity contribution < 1.29 is 53.3 Å². The fourth-order valence-electron chi connectivity index (χ4n) is 4.03. The van der Waals surface area contributed by atoms with Gasteiger partial charge in [0.2, 0.25) is 6.61 Å². The minimum absolute atomic E-state index is 0.00777. The van der Waals surface area contributed by atoms with Crippen molar-refractivity contribution >= 4 is 75.7 Å². The number of nitrogens with zero attached hydrogens (tertiary/aromatic N) is 3. The number of thioether (sulfide) groups is 1. The second-order valence-corrected chi connectivity index (χ2v) is 10.9. The number of rotatable bonds is 11. The number of ether oxygens (including phenoxy) is 2. The number of amides is 2. The first kappa shape index (κ1) is 31.7. The molecule has 1 aromatic carbocycles. The van der Waals surface area contributed by atoms with Crippen LogP contribution in [0.2, 0.25) is 0 Å². The molecule has 0 bridgehead atoms. The second kappa shape index (κ2) is 13.4. The summed E-state index contributed by atoms with van der Waals surface area (Å²) in [5.74, 6) is -5.45. The molecule has 2 amide bonds. The van der Waals surface area contributed by atoms with Gasteiger partial charge in [-0.25, -0.2) is 14.6 Å². The largest absolute Gasteiger partial charge is 0.479 e. The van der Waals surface area contributed by atoms with Gasteiger partial charge in [0, 0.05) is 25.0 Å². The van der Waals surface area contributed by atoms with Gasteiger partial charge in [-0.1, -0.05) is 23.4 Å². The zero-order valence-corrected chi connectivity index (χ0v) is 24.5. The maximum Gasteiger partial charge on any atom is 0.352 e. The number of carbonyl (C=O) groups is 6. The van der Waals surface area contributed by atoms with Crippen molar-refractivity contribution in [2.24, 2.45) is 5.16 Å². The third-order valence-electron chi connectivity index (χ3n) is 5.76. The Hall–Kier alpha value is -5.23. The molecule has 2 aromatic rings. The van der Waals surface area contributed by atoms with Crippen LogP contribution in [0.4, 0.5) is 5.13 Å². The number of nitrogen functional groups attached to an aromatic ring is 1. The lowest BCUT2D eigenvalue weighted by molar-refractivity contribution is -0.150. The number of carbonyl (C=O) groups excluding carboxylic acids is 4. The van der Waals surface area contributed by atoms with Crippen LogP contribution >= 0.6 is 23.1 Å². The van der Waals surface area contributed by atoms with E-state index in [4.69, 9.17) is 25.2 Å². The van der Waals surface area contributed by atoms with Gasteiger partial charge < -0.3 is 35.6 Å². The Kier molecular flexibility index (Phi) is 9.64. The molecule has 2 atom stereocenters. The van der Waals surface area contributed by atoms with Gasteiger partial charge in [0.05, 0.1) is 0 Å². The number of esters is 2. The second-order valence-electron chi connectivity index (χ2n) is 8.94. The molecule has 0 spiro atoms. The molecule has 0 aliphatic carbocycles. The minimum atomic E-state index is -1.37. The monoisotopic (exact) mass is 645 g/mol. The molecule has 1 fully saturated rings. The van der Waals surface area contributed by atoms with Crippen LogP contribution in [-0.2, 0) is 33.6 Å². The number of carboxylic acids is 2. The van der Waals surface area contributed by atoms with Crippen molar-refractivity contribution in [1.82, 2.24) is 15.2 Å². The van der Waals surface area contributed by atoms with Gasteiger partial charge in [-0.3, -0.25) is 24.1 Å². The summed E-state index contributed by atoms with van der Waals surface area (Å²) in [7, 11) is 0. The molecule has 16 nitrogen and oxygen atoms in total. The summed E-state index contributed by atoms with van der Waals surface area (Å²) < 4.78 is 10.2. The van der Waals surface area contributed by atoms with Crippen LogP contribution in [0.25, 0.3) is 6.08 Å². The molecule has 1 saturated heterocycles. The lowest BCUT2D eigenvalue weighted by Crippen LogP contribution is -2.71. The summed E-state index contributed by atoms with van der Waals surface area (Å²) in [6.07, 6.45) is 3.02. The quantitative estimate of drug-likeness (QED) is 0.0871. The number of nitrogens with two attached hydrogens (primary N) is 1. The van der Waals surface area contributed by atoms with Crippen molar-refractivity contribution in [3.05, 3.63) is 52.2 Å². The number of nitrogens with one attached hydrogen (secondary N) is 1. The van der Waals surface area contributed by atoms with Gasteiger partial charge in [0.15, 0.2) is 22.3 Å². The molecule has 5 N–H and O–H groups in total. The fraction of sp³-hybridized carbons (Fsp3) is 0.231. The summed E-state index contributed by atoms with van der Waals surface area (Å²) in [4.78, 5) is 81.8. The summed E-state index contributed by atoms with van der Waals surface area (Å²) >= 11 is 2.19. The normalized spacial score (nSPS) is 17.9. The molecular formula is C26H23N5O11S2. The number of fused-ring (bicyclic) bond motifs is 1. The molecule has 1 aromatic heterocycles. The van der Waals surface area contributed by atoms with Crippen LogP contribution in [0.15, 0.2) is 46.1 Å². The van der Waals surface area contributed by atoms with Crippen molar-refractivity contribution in [1.29, 1.82) is 0 Å². The van der Waals surface area contributed by atoms with Crippen LogP contribution in [0.5, 0.6) is 11.5 Å². The lowest BCUT2D eigenvalue weighted by Gasteiger charge is -2.49. The van der Waals surface area contributed by atoms with Crippen LogP contribution in [0.3, 0.4) is 0 Å². The highest BCUT2D eigenvalue weighted by atomic mass is 32.2. The number of hydrogen-bond acceptors (Lipinski definition) is 14. The average molecular weight is 646 g/mol. The number of aromatic nitrogens is 1. The van der Waals surface area contributed by atoms with Crippen LogP contribution in [-0.4, -0.2) is 85.3 Å². The molecule has 44 heavy (non-hydrogen) atoms. The molecule has 0 saturated carbocycles. The Bertz CT molecular complexity index is 1650. The van der Waals surface area contributed by atoms with E-state index in [1.165, 1.54) is 55.3 Å². The molecule has 18 heteroatoms. The number of thiazole rings is 1. The van der Waals surface area contributed by atoms with Crippen molar-refractivity contribution in [2.45, 2.75) is 25.3 Å². The standard InChI is InChI=1S/C26H23N5O11S2/c1-11(32)41-16-6-4-13(7-17(16)42-12(2)33)3-5-14-9-43-24-20(23(37)31(24)21(14)25(38)39)29-22(36)19(30-40-8-18(34)35)15-10-44-26(27)28-15/h3-7,10,20,24H,8-9H2,1-2H3,(H2,27,28)(H,29,36)(H,34,35)(H,38,39)/t20-,24-/m1/s1. The maximum atomic E-state index is 13.1. The maximum absolute atomic E-state index is 13.1. The first-order valence-corrected chi connectivity index (χ1v) is 14.3. The van der Waals surface area contributed by atoms with Gasteiger partial charge in [0.25, 0.3) is 11.8 Å². The van der Waals surface area contributed by atoms with E-state index in [1.54, 1.807) is 6.07 Å². The molecule has 3 heterocycles. The van der Waals surface area contributed by atoms with E-state index in [0.717, 1.165) is 16.2 Å². The molecule has 4 rings (SSSR count).